The summed E-state index contributed by atoms with van der Waals surface area (Å²) in [7, 11) is -3.85. The lowest BCUT2D eigenvalue weighted by atomic mass is 10.1. The second-order valence-electron chi connectivity index (χ2n) is 6.18. The van der Waals surface area contributed by atoms with Crippen LogP contribution in [-0.2, 0) is 21.2 Å². The van der Waals surface area contributed by atoms with Crippen LogP contribution in [0.1, 0.15) is 32.8 Å². The van der Waals surface area contributed by atoms with Crippen LogP contribution in [0.3, 0.4) is 0 Å². The highest BCUT2D eigenvalue weighted by Gasteiger charge is 2.28. The number of carbonyl (C=O) groups excluding carboxylic acids is 1. The maximum atomic E-state index is 13.2. The summed E-state index contributed by atoms with van der Waals surface area (Å²) in [5.41, 5.74) is 1.42. The molecule has 1 atom stereocenters. The molecule has 0 aliphatic carbocycles. The molecule has 26 heavy (non-hydrogen) atoms. The summed E-state index contributed by atoms with van der Waals surface area (Å²) in [6.45, 7) is 5.58. The third kappa shape index (κ3) is 4.64. The highest BCUT2D eigenvalue weighted by Crippen LogP contribution is 2.27. The first-order chi connectivity index (χ1) is 12.4. The van der Waals surface area contributed by atoms with Crippen molar-refractivity contribution >= 4 is 21.6 Å². The first-order valence-corrected chi connectivity index (χ1v) is 10.3. The number of anilines is 1. The average Bonchev–Trinajstić information content (AvgIpc) is 2.66. The summed E-state index contributed by atoms with van der Waals surface area (Å²) < 4.78 is 27.7. The smallest absolute Gasteiger partial charge is 0.264 e. The zero-order valence-electron chi connectivity index (χ0n) is 15.5. The van der Waals surface area contributed by atoms with Crippen LogP contribution >= 0.6 is 0 Å². The zero-order valence-corrected chi connectivity index (χ0v) is 16.3. The van der Waals surface area contributed by atoms with Crippen molar-refractivity contribution in [3.8, 4) is 0 Å². The molecule has 140 valence electrons. The Labute approximate surface area is 156 Å². The van der Waals surface area contributed by atoms with Gasteiger partial charge in [0, 0.05) is 6.04 Å². The van der Waals surface area contributed by atoms with Crippen LogP contribution < -0.4 is 9.62 Å². The second kappa shape index (κ2) is 8.85. The molecule has 5 nitrogen and oxygen atoms in total. The van der Waals surface area contributed by atoms with Gasteiger partial charge in [-0.15, -0.1) is 0 Å². The molecule has 1 unspecified atom stereocenters. The van der Waals surface area contributed by atoms with Crippen molar-refractivity contribution < 1.29 is 13.2 Å². The van der Waals surface area contributed by atoms with E-state index in [1.165, 1.54) is 4.31 Å². The number of sulfonamides is 1. The van der Waals surface area contributed by atoms with E-state index in [1.807, 2.05) is 32.9 Å². The van der Waals surface area contributed by atoms with Gasteiger partial charge in [-0.1, -0.05) is 50.2 Å². The third-order valence-electron chi connectivity index (χ3n) is 4.28. The standard InChI is InChI=1S/C20H26N2O3S/c1-4-16(3)21-20(23)15-22(19-14-10-9-11-17(19)5-2)26(24,25)18-12-7-6-8-13-18/h6-14,16H,4-5,15H2,1-3H3,(H,21,23). The number of carbonyl (C=O) groups is 1. The molecule has 0 fully saturated rings. The maximum Gasteiger partial charge on any atom is 0.264 e. The minimum atomic E-state index is -3.85. The van der Waals surface area contributed by atoms with Crippen molar-refractivity contribution in [3.63, 3.8) is 0 Å². The Bertz CT molecular complexity index is 835. The van der Waals surface area contributed by atoms with E-state index in [1.54, 1.807) is 42.5 Å². The number of rotatable bonds is 8. The number of benzene rings is 2. The molecule has 2 aromatic carbocycles. The molecule has 0 heterocycles. The molecule has 0 saturated carbocycles. The van der Waals surface area contributed by atoms with E-state index in [0.29, 0.717) is 12.1 Å². The van der Waals surface area contributed by atoms with E-state index in [0.717, 1.165) is 12.0 Å². The largest absolute Gasteiger partial charge is 0.352 e. The summed E-state index contributed by atoms with van der Waals surface area (Å²) in [4.78, 5) is 12.6. The quantitative estimate of drug-likeness (QED) is 0.770. The van der Waals surface area contributed by atoms with Gasteiger partial charge in [0.05, 0.1) is 10.6 Å². The van der Waals surface area contributed by atoms with Crippen molar-refractivity contribution in [2.24, 2.45) is 0 Å². The SMILES string of the molecule is CCc1ccccc1N(CC(=O)NC(C)CC)S(=O)(=O)c1ccccc1. The van der Waals surface area contributed by atoms with E-state index in [-0.39, 0.29) is 23.4 Å². The summed E-state index contributed by atoms with van der Waals surface area (Å²) in [5, 5.41) is 2.85. The number of hydrogen-bond acceptors (Lipinski definition) is 3. The Balaban J connectivity index is 2.47. The molecule has 1 N–H and O–H groups in total. The molecule has 0 spiro atoms. The van der Waals surface area contributed by atoms with Crippen LogP contribution in [0.5, 0.6) is 0 Å². The molecular weight excluding hydrogens is 348 g/mol. The topological polar surface area (TPSA) is 66.5 Å². The van der Waals surface area contributed by atoms with Crippen molar-refractivity contribution in [3.05, 3.63) is 60.2 Å². The lowest BCUT2D eigenvalue weighted by Crippen LogP contribution is -2.43. The van der Waals surface area contributed by atoms with Gasteiger partial charge in [-0.25, -0.2) is 8.42 Å². The van der Waals surface area contributed by atoms with E-state index < -0.39 is 10.0 Å². The van der Waals surface area contributed by atoms with Crippen LogP contribution in [0.2, 0.25) is 0 Å². The van der Waals surface area contributed by atoms with Crippen molar-refractivity contribution in [2.75, 3.05) is 10.8 Å². The van der Waals surface area contributed by atoms with Crippen LogP contribution in [-0.4, -0.2) is 26.9 Å². The monoisotopic (exact) mass is 374 g/mol. The van der Waals surface area contributed by atoms with Crippen molar-refractivity contribution in [2.45, 2.75) is 44.6 Å². The number of nitrogens with zero attached hydrogens (tertiary/aromatic N) is 1. The summed E-state index contributed by atoms with van der Waals surface area (Å²) >= 11 is 0. The summed E-state index contributed by atoms with van der Waals surface area (Å²) in [5.74, 6) is -0.315. The van der Waals surface area contributed by atoms with Gasteiger partial charge >= 0.3 is 0 Å². The highest BCUT2D eigenvalue weighted by molar-refractivity contribution is 7.92. The molecule has 0 aromatic heterocycles. The third-order valence-corrected chi connectivity index (χ3v) is 6.05. The van der Waals surface area contributed by atoms with E-state index in [9.17, 15) is 13.2 Å². The molecule has 0 bridgehead atoms. The maximum absolute atomic E-state index is 13.2. The van der Waals surface area contributed by atoms with Gasteiger partial charge < -0.3 is 5.32 Å². The van der Waals surface area contributed by atoms with Crippen LogP contribution in [0.25, 0.3) is 0 Å². The van der Waals surface area contributed by atoms with Crippen LogP contribution in [0.15, 0.2) is 59.5 Å². The number of aryl methyl sites for hydroxylation is 1. The normalized spacial score (nSPS) is 12.4. The number of para-hydroxylation sites is 1. The van der Waals surface area contributed by atoms with E-state index in [4.69, 9.17) is 0 Å². The van der Waals surface area contributed by atoms with E-state index in [2.05, 4.69) is 5.32 Å². The predicted octanol–water partition coefficient (Wildman–Crippen LogP) is 3.36. The zero-order chi connectivity index (χ0) is 19.2. The van der Waals surface area contributed by atoms with Crippen molar-refractivity contribution in [1.82, 2.24) is 5.32 Å². The first kappa shape index (κ1) is 20.0. The fourth-order valence-electron chi connectivity index (χ4n) is 2.63. The van der Waals surface area contributed by atoms with Crippen LogP contribution in [0, 0.1) is 0 Å². The predicted molar refractivity (Wildman–Crippen MR) is 105 cm³/mol. The molecule has 0 aliphatic heterocycles. The van der Waals surface area contributed by atoms with Gasteiger partial charge in [-0.2, -0.15) is 0 Å². The molecule has 6 heteroatoms. The van der Waals surface area contributed by atoms with Gasteiger partial charge in [0.25, 0.3) is 10.0 Å². The number of nitrogens with one attached hydrogen (secondary N) is 1. The minimum absolute atomic E-state index is 0.00908. The summed E-state index contributed by atoms with van der Waals surface area (Å²) in [6, 6.07) is 15.5. The Kier molecular flexibility index (Phi) is 6.80. The molecule has 2 aromatic rings. The Morgan fingerprint density at radius 2 is 1.65 bits per heavy atom. The Morgan fingerprint density at radius 3 is 2.27 bits per heavy atom. The van der Waals surface area contributed by atoms with Gasteiger partial charge in [0.2, 0.25) is 5.91 Å². The fraction of sp³-hybridized carbons (Fsp3) is 0.350. The van der Waals surface area contributed by atoms with E-state index >= 15 is 0 Å². The van der Waals surface area contributed by atoms with Crippen LogP contribution in [0.4, 0.5) is 5.69 Å². The second-order valence-corrected chi connectivity index (χ2v) is 8.05. The molecular formula is C20H26N2O3S. The minimum Gasteiger partial charge on any atom is -0.352 e. The lowest BCUT2D eigenvalue weighted by Gasteiger charge is -2.26. The van der Waals surface area contributed by atoms with Gasteiger partial charge in [-0.3, -0.25) is 9.10 Å². The first-order valence-electron chi connectivity index (χ1n) is 8.85. The van der Waals surface area contributed by atoms with Gasteiger partial charge in [0.15, 0.2) is 0 Å². The lowest BCUT2D eigenvalue weighted by molar-refractivity contribution is -0.120. The molecule has 2 rings (SSSR count). The molecule has 0 aliphatic rings. The number of hydrogen-bond donors (Lipinski definition) is 1. The molecule has 0 radical (unpaired) electrons. The number of amides is 1. The Morgan fingerprint density at radius 1 is 1.04 bits per heavy atom. The van der Waals surface area contributed by atoms with Gasteiger partial charge in [0.1, 0.15) is 6.54 Å². The van der Waals surface area contributed by atoms with Crippen molar-refractivity contribution in [1.29, 1.82) is 0 Å². The molecule has 1 amide bonds. The average molecular weight is 375 g/mol. The fourth-order valence-corrected chi connectivity index (χ4v) is 4.11. The Hall–Kier alpha value is -2.34. The summed E-state index contributed by atoms with van der Waals surface area (Å²) in [6.07, 6.45) is 1.45. The molecule has 0 saturated heterocycles. The van der Waals surface area contributed by atoms with Gasteiger partial charge in [-0.05, 0) is 43.5 Å². The highest BCUT2D eigenvalue weighted by atomic mass is 32.2.